The molecule has 0 unspecified atom stereocenters. The van der Waals surface area contributed by atoms with Crippen LogP contribution in [0.15, 0.2) is 30.5 Å². The fourth-order valence-corrected chi connectivity index (χ4v) is 4.91. The van der Waals surface area contributed by atoms with Crippen LogP contribution in [-0.4, -0.2) is 39.9 Å². The van der Waals surface area contributed by atoms with Gasteiger partial charge in [-0.2, -0.15) is 5.10 Å². The number of rotatable bonds is 6. The summed E-state index contributed by atoms with van der Waals surface area (Å²) < 4.78 is 2.09. The average Bonchev–Trinajstić information content (AvgIpc) is 3.23. The van der Waals surface area contributed by atoms with Crippen LogP contribution in [0.3, 0.4) is 0 Å². The Kier molecular flexibility index (Phi) is 5.14. The third kappa shape index (κ3) is 3.33. The third-order valence-electron chi connectivity index (χ3n) is 6.46. The molecule has 1 fully saturated rings. The van der Waals surface area contributed by atoms with Crippen molar-refractivity contribution in [3.05, 3.63) is 52.8 Å². The van der Waals surface area contributed by atoms with Gasteiger partial charge in [-0.25, -0.2) is 0 Å². The van der Waals surface area contributed by atoms with Crippen LogP contribution in [0.25, 0.3) is 0 Å². The Morgan fingerprint density at radius 3 is 2.38 bits per heavy atom. The van der Waals surface area contributed by atoms with Crippen molar-refractivity contribution in [3.8, 4) is 0 Å². The van der Waals surface area contributed by atoms with Gasteiger partial charge in [-0.3, -0.25) is 9.58 Å². The topological polar surface area (TPSA) is 33.1 Å². The molecule has 1 aliphatic heterocycles. The van der Waals surface area contributed by atoms with Crippen LogP contribution in [0.1, 0.15) is 48.6 Å². The quantitative estimate of drug-likeness (QED) is 0.866. The summed E-state index contributed by atoms with van der Waals surface area (Å²) in [7, 11) is 0. The van der Waals surface area contributed by atoms with Crippen LogP contribution in [0.2, 0.25) is 0 Å². The molecule has 1 N–H and O–H groups in total. The van der Waals surface area contributed by atoms with Crippen LogP contribution in [0, 0.1) is 6.92 Å². The summed E-state index contributed by atoms with van der Waals surface area (Å²) in [5.74, 6) is 0. The Hall–Kier alpha value is -1.65. The lowest BCUT2D eigenvalue weighted by Crippen LogP contribution is -2.57. The van der Waals surface area contributed by atoms with Gasteiger partial charge < -0.3 is 5.32 Å². The van der Waals surface area contributed by atoms with Crippen molar-refractivity contribution in [2.75, 3.05) is 19.6 Å². The van der Waals surface area contributed by atoms with Gasteiger partial charge in [0, 0.05) is 36.4 Å². The van der Waals surface area contributed by atoms with E-state index in [1.165, 1.54) is 56.5 Å². The van der Waals surface area contributed by atoms with E-state index in [1.807, 2.05) is 6.20 Å². The number of piperidine rings is 1. The Balaban J connectivity index is 1.48. The van der Waals surface area contributed by atoms with Crippen molar-refractivity contribution in [2.45, 2.75) is 64.6 Å². The van der Waals surface area contributed by atoms with E-state index in [4.69, 9.17) is 0 Å². The number of likely N-dealkylation sites (tertiary alicyclic amines) is 1. The highest BCUT2D eigenvalue weighted by molar-refractivity contribution is 5.37. The number of nitrogens with zero attached hydrogens (tertiary/aromatic N) is 3. The Morgan fingerprint density at radius 2 is 1.77 bits per heavy atom. The summed E-state index contributed by atoms with van der Waals surface area (Å²) in [5.41, 5.74) is 5.97. The predicted molar refractivity (Wildman–Crippen MR) is 106 cm³/mol. The standard InChI is InChI=1S/C22H32N4/c1-3-26-18(2)21(16-24-26)15-23-17-22(25-11-7-4-8-12-25)13-19-9-5-6-10-20(19)14-22/h5-6,9-10,16,23H,3-4,7-8,11-15,17H2,1-2H3. The summed E-state index contributed by atoms with van der Waals surface area (Å²) >= 11 is 0. The minimum absolute atomic E-state index is 0.249. The molecule has 1 aromatic heterocycles. The Morgan fingerprint density at radius 1 is 1.08 bits per heavy atom. The van der Waals surface area contributed by atoms with E-state index >= 15 is 0 Å². The number of aromatic nitrogens is 2. The summed E-state index contributed by atoms with van der Waals surface area (Å²) in [6, 6.07) is 9.05. The van der Waals surface area contributed by atoms with Gasteiger partial charge in [0.2, 0.25) is 0 Å². The van der Waals surface area contributed by atoms with Crippen LogP contribution < -0.4 is 5.32 Å². The van der Waals surface area contributed by atoms with Crippen LogP contribution in [0.5, 0.6) is 0 Å². The first kappa shape index (κ1) is 17.7. The zero-order chi connectivity index (χ0) is 18.0. The second-order valence-electron chi connectivity index (χ2n) is 8.07. The number of fused-ring (bicyclic) bond motifs is 1. The van der Waals surface area contributed by atoms with Crippen molar-refractivity contribution >= 4 is 0 Å². The van der Waals surface area contributed by atoms with Crippen LogP contribution >= 0.6 is 0 Å². The maximum absolute atomic E-state index is 4.49. The fourth-order valence-electron chi connectivity index (χ4n) is 4.91. The van der Waals surface area contributed by atoms with Crippen molar-refractivity contribution in [3.63, 3.8) is 0 Å². The number of hydrogen-bond donors (Lipinski definition) is 1. The highest BCUT2D eigenvalue weighted by Gasteiger charge is 2.42. The van der Waals surface area contributed by atoms with Crippen LogP contribution in [-0.2, 0) is 25.9 Å². The van der Waals surface area contributed by atoms with E-state index in [0.717, 1.165) is 19.6 Å². The maximum Gasteiger partial charge on any atom is 0.0537 e. The lowest BCUT2D eigenvalue weighted by Gasteiger charge is -2.44. The first-order chi connectivity index (χ1) is 12.7. The van der Waals surface area contributed by atoms with E-state index in [-0.39, 0.29) is 5.54 Å². The predicted octanol–water partition coefficient (Wildman–Crippen LogP) is 3.32. The van der Waals surface area contributed by atoms with Gasteiger partial charge >= 0.3 is 0 Å². The molecule has 4 heteroatoms. The highest BCUT2D eigenvalue weighted by Crippen LogP contribution is 2.36. The molecule has 140 valence electrons. The van der Waals surface area contributed by atoms with E-state index in [1.54, 1.807) is 11.1 Å². The molecule has 2 heterocycles. The minimum Gasteiger partial charge on any atom is -0.311 e. The number of benzene rings is 1. The SMILES string of the molecule is CCn1ncc(CNCC2(N3CCCCC3)Cc3ccccc3C2)c1C. The molecule has 1 saturated heterocycles. The normalized spacial score (nSPS) is 19.6. The molecular formula is C22H32N4. The van der Waals surface area contributed by atoms with Gasteiger partial charge in [-0.1, -0.05) is 30.7 Å². The lowest BCUT2D eigenvalue weighted by molar-refractivity contribution is 0.0724. The number of nitrogens with one attached hydrogen (secondary N) is 1. The largest absolute Gasteiger partial charge is 0.311 e. The van der Waals surface area contributed by atoms with E-state index < -0.39 is 0 Å². The zero-order valence-corrected chi connectivity index (χ0v) is 16.3. The highest BCUT2D eigenvalue weighted by atomic mass is 15.3. The molecule has 0 radical (unpaired) electrons. The van der Waals surface area contributed by atoms with Crippen LogP contribution in [0.4, 0.5) is 0 Å². The molecule has 0 spiro atoms. The van der Waals surface area contributed by atoms with Gasteiger partial charge in [0.15, 0.2) is 0 Å². The first-order valence-corrected chi connectivity index (χ1v) is 10.3. The van der Waals surface area contributed by atoms with Gasteiger partial charge in [-0.05, 0) is 63.7 Å². The van der Waals surface area contributed by atoms with Gasteiger partial charge in [0.25, 0.3) is 0 Å². The van der Waals surface area contributed by atoms with Crippen molar-refractivity contribution in [2.24, 2.45) is 0 Å². The maximum atomic E-state index is 4.49. The smallest absolute Gasteiger partial charge is 0.0537 e. The van der Waals surface area contributed by atoms with Crippen molar-refractivity contribution in [1.29, 1.82) is 0 Å². The molecule has 26 heavy (non-hydrogen) atoms. The van der Waals surface area contributed by atoms with E-state index in [2.05, 4.69) is 58.1 Å². The van der Waals surface area contributed by atoms with E-state index in [0.29, 0.717) is 0 Å². The fraction of sp³-hybridized carbons (Fsp3) is 0.591. The molecular weight excluding hydrogens is 320 g/mol. The molecule has 2 aliphatic rings. The molecule has 0 amide bonds. The Labute approximate surface area is 157 Å². The molecule has 1 aromatic carbocycles. The summed E-state index contributed by atoms with van der Waals surface area (Å²) in [5, 5.41) is 8.29. The van der Waals surface area contributed by atoms with Crippen molar-refractivity contribution < 1.29 is 0 Å². The monoisotopic (exact) mass is 352 g/mol. The van der Waals surface area contributed by atoms with Crippen molar-refractivity contribution in [1.82, 2.24) is 20.0 Å². The van der Waals surface area contributed by atoms with Gasteiger partial charge in [-0.15, -0.1) is 0 Å². The molecule has 1 aliphatic carbocycles. The Bertz CT molecular complexity index is 717. The molecule has 4 nitrogen and oxygen atoms in total. The molecule has 0 bridgehead atoms. The summed E-state index contributed by atoms with van der Waals surface area (Å²) in [6.07, 6.45) is 8.48. The second-order valence-corrected chi connectivity index (χ2v) is 8.07. The summed E-state index contributed by atoms with van der Waals surface area (Å²) in [4.78, 5) is 2.78. The molecule has 0 atom stereocenters. The minimum atomic E-state index is 0.249. The number of hydrogen-bond acceptors (Lipinski definition) is 3. The van der Waals surface area contributed by atoms with Gasteiger partial charge in [0.1, 0.15) is 0 Å². The lowest BCUT2D eigenvalue weighted by atomic mass is 9.90. The summed E-state index contributed by atoms with van der Waals surface area (Å²) in [6.45, 7) is 9.75. The second kappa shape index (κ2) is 7.53. The van der Waals surface area contributed by atoms with Gasteiger partial charge in [0.05, 0.1) is 6.20 Å². The zero-order valence-electron chi connectivity index (χ0n) is 16.3. The molecule has 4 rings (SSSR count). The molecule has 0 saturated carbocycles. The van der Waals surface area contributed by atoms with E-state index in [9.17, 15) is 0 Å². The molecule has 2 aromatic rings. The third-order valence-corrected chi connectivity index (χ3v) is 6.46. The first-order valence-electron chi connectivity index (χ1n) is 10.3. The average molecular weight is 353 g/mol. The number of aryl methyl sites for hydroxylation is 1.